The number of hydrogen-bond acceptors (Lipinski definition) is 5. The zero-order chi connectivity index (χ0) is 12.8. The van der Waals surface area contributed by atoms with Gasteiger partial charge in [0, 0.05) is 0 Å². The smallest absolute Gasteiger partial charge is 0.161 e. The highest BCUT2D eigenvalue weighted by Crippen LogP contribution is 2.26. The van der Waals surface area contributed by atoms with Gasteiger partial charge in [0.25, 0.3) is 0 Å². The van der Waals surface area contributed by atoms with Crippen LogP contribution in [-0.2, 0) is 4.74 Å². The summed E-state index contributed by atoms with van der Waals surface area (Å²) < 4.78 is 15.7. The van der Waals surface area contributed by atoms with Crippen molar-refractivity contribution in [3.63, 3.8) is 0 Å². The minimum atomic E-state index is 0.712. The molecule has 2 rings (SSSR count). The minimum Gasteiger partial charge on any atom is -0.493 e. The van der Waals surface area contributed by atoms with Crippen molar-refractivity contribution in [3.8, 4) is 11.5 Å². The number of nitrogens with zero attached hydrogens (tertiary/aromatic N) is 2. The van der Waals surface area contributed by atoms with E-state index in [1.165, 1.54) is 0 Å². The van der Waals surface area contributed by atoms with E-state index in [1.54, 1.807) is 14.2 Å². The Kier molecular flexibility index (Phi) is 4.41. The van der Waals surface area contributed by atoms with Gasteiger partial charge >= 0.3 is 0 Å². The maximum atomic E-state index is 5.27. The number of ether oxygens (including phenoxy) is 3. The Labute approximate surface area is 107 Å². The van der Waals surface area contributed by atoms with E-state index in [1.807, 2.05) is 29.4 Å². The van der Waals surface area contributed by atoms with Gasteiger partial charge in [-0.15, -0.1) is 0 Å². The summed E-state index contributed by atoms with van der Waals surface area (Å²) in [7, 11) is 3.25. The molecular weight excluding hydrogens is 232 g/mol. The summed E-state index contributed by atoms with van der Waals surface area (Å²) in [5.74, 6) is 1.43. The van der Waals surface area contributed by atoms with Crippen LogP contribution in [0.15, 0.2) is 23.3 Å². The lowest BCUT2D eigenvalue weighted by Gasteiger charge is -2.23. The molecule has 5 nitrogen and oxygen atoms in total. The summed E-state index contributed by atoms with van der Waals surface area (Å²) in [5, 5.41) is 6.42. The Bertz CT molecular complexity index is 415. The molecule has 0 aromatic heterocycles. The highest BCUT2D eigenvalue weighted by Gasteiger charge is 2.07. The Balaban J connectivity index is 2.06. The Hall–Kier alpha value is -1.75. The molecule has 0 bridgehead atoms. The van der Waals surface area contributed by atoms with Gasteiger partial charge in [0.2, 0.25) is 0 Å². The van der Waals surface area contributed by atoms with E-state index in [0.29, 0.717) is 5.75 Å². The van der Waals surface area contributed by atoms with Crippen molar-refractivity contribution in [2.75, 3.05) is 40.5 Å². The predicted octanol–water partition coefficient (Wildman–Crippen LogP) is 1.37. The second kappa shape index (κ2) is 6.26. The summed E-state index contributed by atoms with van der Waals surface area (Å²) in [6.07, 6.45) is 1.83. The van der Waals surface area contributed by atoms with Crippen LogP contribution in [0, 0.1) is 0 Å². The van der Waals surface area contributed by atoms with E-state index < -0.39 is 0 Å². The number of morpholine rings is 1. The van der Waals surface area contributed by atoms with Gasteiger partial charge in [-0.1, -0.05) is 0 Å². The maximum Gasteiger partial charge on any atom is 0.161 e. The van der Waals surface area contributed by atoms with Crippen molar-refractivity contribution in [2.24, 2.45) is 5.10 Å². The zero-order valence-electron chi connectivity index (χ0n) is 10.8. The quantitative estimate of drug-likeness (QED) is 0.757. The standard InChI is InChI=1S/C13H18N2O3/c1-16-12-4-3-11(9-13(12)17-2)10-14-15-5-7-18-8-6-15/h3-4,9-10H,5-8H2,1-2H3/b14-10-. The maximum absolute atomic E-state index is 5.27. The van der Waals surface area contributed by atoms with Crippen molar-refractivity contribution < 1.29 is 14.2 Å². The monoisotopic (exact) mass is 250 g/mol. The summed E-state index contributed by atoms with van der Waals surface area (Å²) in [6.45, 7) is 3.15. The molecule has 5 heteroatoms. The van der Waals surface area contributed by atoms with Crippen molar-refractivity contribution in [1.29, 1.82) is 0 Å². The molecule has 0 spiro atoms. The molecule has 0 saturated carbocycles. The second-order valence-electron chi connectivity index (χ2n) is 3.93. The van der Waals surface area contributed by atoms with E-state index in [9.17, 15) is 0 Å². The molecule has 1 heterocycles. The van der Waals surface area contributed by atoms with Gasteiger partial charge in [-0.25, -0.2) is 0 Å². The van der Waals surface area contributed by atoms with E-state index in [-0.39, 0.29) is 0 Å². The second-order valence-corrected chi connectivity index (χ2v) is 3.93. The topological polar surface area (TPSA) is 43.3 Å². The number of hydrazone groups is 1. The van der Waals surface area contributed by atoms with E-state index in [4.69, 9.17) is 14.2 Å². The van der Waals surface area contributed by atoms with Gasteiger partial charge < -0.3 is 14.2 Å². The lowest BCUT2D eigenvalue weighted by molar-refractivity contribution is 0.0397. The SMILES string of the molecule is COc1ccc(/C=N\N2CCOCC2)cc1OC. The van der Waals surface area contributed by atoms with Crippen LogP contribution in [-0.4, -0.2) is 51.7 Å². The van der Waals surface area contributed by atoms with Crippen LogP contribution in [0.3, 0.4) is 0 Å². The third-order valence-electron chi connectivity index (χ3n) is 2.77. The fourth-order valence-electron chi connectivity index (χ4n) is 1.75. The minimum absolute atomic E-state index is 0.712. The number of rotatable bonds is 4. The first kappa shape index (κ1) is 12.7. The first-order valence-electron chi connectivity index (χ1n) is 5.92. The van der Waals surface area contributed by atoms with Gasteiger partial charge in [0.1, 0.15) is 0 Å². The molecule has 1 fully saturated rings. The molecule has 1 aliphatic rings. The van der Waals surface area contributed by atoms with Crippen molar-refractivity contribution in [2.45, 2.75) is 0 Å². The molecule has 1 aromatic carbocycles. The number of hydrogen-bond donors (Lipinski definition) is 0. The molecule has 1 aromatic rings. The molecule has 18 heavy (non-hydrogen) atoms. The van der Waals surface area contributed by atoms with Crippen LogP contribution < -0.4 is 9.47 Å². The van der Waals surface area contributed by atoms with Crippen LogP contribution in [0.1, 0.15) is 5.56 Å². The molecular formula is C13H18N2O3. The lowest BCUT2D eigenvalue weighted by Crippen LogP contribution is -2.32. The third-order valence-corrected chi connectivity index (χ3v) is 2.77. The van der Waals surface area contributed by atoms with Gasteiger partial charge in [-0.2, -0.15) is 5.10 Å². The number of methoxy groups -OCH3 is 2. The molecule has 0 radical (unpaired) electrons. The molecule has 1 aliphatic heterocycles. The molecule has 1 saturated heterocycles. The summed E-state index contributed by atoms with van der Waals surface area (Å²) in [6, 6.07) is 5.73. The molecule has 0 N–H and O–H groups in total. The van der Waals surface area contributed by atoms with Crippen molar-refractivity contribution in [3.05, 3.63) is 23.8 Å². The molecule has 0 unspecified atom stereocenters. The highest BCUT2D eigenvalue weighted by molar-refractivity contribution is 5.80. The summed E-state index contributed by atoms with van der Waals surface area (Å²) >= 11 is 0. The lowest BCUT2D eigenvalue weighted by atomic mass is 10.2. The Morgan fingerprint density at radius 1 is 1.17 bits per heavy atom. The zero-order valence-corrected chi connectivity index (χ0v) is 10.8. The van der Waals surface area contributed by atoms with E-state index >= 15 is 0 Å². The molecule has 0 atom stereocenters. The van der Waals surface area contributed by atoms with E-state index in [0.717, 1.165) is 37.6 Å². The van der Waals surface area contributed by atoms with Gasteiger partial charge in [0.15, 0.2) is 11.5 Å². The summed E-state index contributed by atoms with van der Waals surface area (Å²) in [5.41, 5.74) is 0.985. The Morgan fingerprint density at radius 2 is 1.89 bits per heavy atom. The molecule has 98 valence electrons. The summed E-state index contributed by atoms with van der Waals surface area (Å²) in [4.78, 5) is 0. The predicted molar refractivity (Wildman–Crippen MR) is 69.5 cm³/mol. The number of benzene rings is 1. The van der Waals surface area contributed by atoms with Crippen molar-refractivity contribution in [1.82, 2.24) is 5.01 Å². The van der Waals surface area contributed by atoms with Crippen LogP contribution >= 0.6 is 0 Å². The average molecular weight is 250 g/mol. The first-order chi connectivity index (χ1) is 8.83. The van der Waals surface area contributed by atoms with Crippen molar-refractivity contribution >= 4 is 6.21 Å². The fraction of sp³-hybridized carbons (Fsp3) is 0.462. The van der Waals surface area contributed by atoms with Crippen LogP contribution in [0.2, 0.25) is 0 Å². The van der Waals surface area contributed by atoms with Gasteiger partial charge in [0.05, 0.1) is 46.7 Å². The van der Waals surface area contributed by atoms with Crippen LogP contribution in [0.25, 0.3) is 0 Å². The Morgan fingerprint density at radius 3 is 2.56 bits per heavy atom. The highest BCUT2D eigenvalue weighted by atomic mass is 16.5. The third kappa shape index (κ3) is 3.13. The largest absolute Gasteiger partial charge is 0.493 e. The molecule has 0 aliphatic carbocycles. The van der Waals surface area contributed by atoms with Gasteiger partial charge in [-0.3, -0.25) is 5.01 Å². The normalized spacial score (nSPS) is 16.0. The van der Waals surface area contributed by atoms with Crippen LogP contribution in [0.4, 0.5) is 0 Å². The first-order valence-corrected chi connectivity index (χ1v) is 5.92. The average Bonchev–Trinajstić information content (AvgIpc) is 2.45. The van der Waals surface area contributed by atoms with E-state index in [2.05, 4.69) is 5.10 Å². The molecule has 0 amide bonds. The fourth-order valence-corrected chi connectivity index (χ4v) is 1.75. The van der Waals surface area contributed by atoms with Crippen LogP contribution in [0.5, 0.6) is 11.5 Å². The van der Waals surface area contributed by atoms with Gasteiger partial charge in [-0.05, 0) is 23.8 Å².